The Hall–Kier alpha value is -0.380. The number of fused-ring (bicyclic) bond motifs is 7. The quantitative estimate of drug-likeness (QED) is 0.425. The van der Waals surface area contributed by atoms with E-state index in [1.807, 2.05) is 0 Å². The van der Waals surface area contributed by atoms with Gasteiger partial charge in [0.2, 0.25) is 0 Å². The number of aliphatic hydroxyl groups excluding tert-OH is 3. The predicted octanol–water partition coefficient (Wildman–Crippen LogP) is 5.97. The number of hydrogen-bond acceptors (Lipinski definition) is 3. The second-order valence-corrected chi connectivity index (χ2v) is 15.0. The van der Waals surface area contributed by atoms with Crippen molar-refractivity contribution in [3.05, 3.63) is 11.6 Å². The van der Waals surface area contributed by atoms with Crippen LogP contribution in [-0.4, -0.2) is 33.6 Å². The van der Waals surface area contributed by atoms with Gasteiger partial charge in [-0.1, -0.05) is 67.0 Å². The van der Waals surface area contributed by atoms with Crippen molar-refractivity contribution in [2.24, 2.45) is 56.7 Å². The molecule has 5 aliphatic carbocycles. The maximum atomic E-state index is 11.8. The van der Waals surface area contributed by atoms with Crippen molar-refractivity contribution in [2.45, 2.75) is 119 Å². The summed E-state index contributed by atoms with van der Waals surface area (Å²) < 4.78 is 0. The topological polar surface area (TPSA) is 60.7 Å². The Kier molecular flexibility index (Phi) is 5.23. The van der Waals surface area contributed by atoms with E-state index in [0.717, 1.165) is 44.9 Å². The minimum absolute atomic E-state index is 0.00883. The van der Waals surface area contributed by atoms with Gasteiger partial charge in [-0.05, 0) is 95.7 Å². The largest absolute Gasteiger partial charge is 0.393 e. The van der Waals surface area contributed by atoms with Gasteiger partial charge in [0.05, 0.1) is 18.3 Å². The number of allylic oxidation sites excluding steroid dienone is 1. The third kappa shape index (κ3) is 2.80. The molecule has 3 N–H and O–H groups in total. The molecule has 11 atom stereocenters. The van der Waals surface area contributed by atoms with Crippen molar-refractivity contribution in [3.8, 4) is 0 Å². The first kappa shape index (κ1) is 24.3. The molecule has 5 aliphatic rings. The summed E-state index contributed by atoms with van der Waals surface area (Å²) in [5, 5.41) is 34.2. The van der Waals surface area contributed by atoms with E-state index in [4.69, 9.17) is 0 Å². The molecule has 0 radical (unpaired) electrons. The van der Waals surface area contributed by atoms with Crippen LogP contribution < -0.4 is 0 Å². The fourth-order valence-corrected chi connectivity index (χ4v) is 11.2. The number of aliphatic hydroxyl groups is 3. The minimum atomic E-state index is -0.368. The van der Waals surface area contributed by atoms with E-state index in [1.54, 1.807) is 0 Å². The predicted molar refractivity (Wildman–Crippen MR) is 133 cm³/mol. The zero-order chi connectivity index (χ0) is 24.4. The molecule has 0 bridgehead atoms. The van der Waals surface area contributed by atoms with E-state index in [-0.39, 0.29) is 57.2 Å². The molecule has 4 saturated carbocycles. The van der Waals surface area contributed by atoms with Crippen LogP contribution in [0.3, 0.4) is 0 Å². The van der Waals surface area contributed by atoms with Gasteiger partial charge in [-0.15, -0.1) is 0 Å². The van der Waals surface area contributed by atoms with Crippen molar-refractivity contribution in [3.63, 3.8) is 0 Å². The zero-order valence-corrected chi connectivity index (χ0v) is 22.5. The van der Waals surface area contributed by atoms with E-state index in [1.165, 1.54) is 5.57 Å². The molecule has 188 valence electrons. The highest BCUT2D eigenvalue weighted by Gasteiger charge is 2.71. The van der Waals surface area contributed by atoms with Crippen LogP contribution in [-0.2, 0) is 0 Å². The zero-order valence-electron chi connectivity index (χ0n) is 22.5. The van der Waals surface area contributed by atoms with Gasteiger partial charge in [0, 0.05) is 5.92 Å². The fourth-order valence-electron chi connectivity index (χ4n) is 11.2. The Balaban J connectivity index is 1.61. The Morgan fingerprint density at radius 1 is 0.848 bits per heavy atom. The summed E-state index contributed by atoms with van der Waals surface area (Å²) in [5.41, 5.74) is 1.51. The average molecular weight is 459 g/mol. The van der Waals surface area contributed by atoms with Gasteiger partial charge in [0.15, 0.2) is 0 Å². The molecule has 0 spiro atoms. The van der Waals surface area contributed by atoms with Crippen LogP contribution in [0, 0.1) is 56.7 Å². The summed E-state index contributed by atoms with van der Waals surface area (Å²) in [6, 6.07) is 0. The van der Waals surface area contributed by atoms with E-state index >= 15 is 0 Å². The van der Waals surface area contributed by atoms with E-state index in [0.29, 0.717) is 17.8 Å². The highest BCUT2D eigenvalue weighted by molar-refractivity contribution is 5.35. The van der Waals surface area contributed by atoms with Crippen LogP contribution in [0.5, 0.6) is 0 Å². The summed E-state index contributed by atoms with van der Waals surface area (Å²) in [4.78, 5) is 0. The third-order valence-corrected chi connectivity index (χ3v) is 13.2. The van der Waals surface area contributed by atoms with Crippen molar-refractivity contribution >= 4 is 0 Å². The molecule has 0 unspecified atom stereocenters. The molecule has 33 heavy (non-hydrogen) atoms. The molecule has 0 aromatic rings. The van der Waals surface area contributed by atoms with Crippen LogP contribution >= 0.6 is 0 Å². The fraction of sp³-hybridized carbons (Fsp3) is 0.933. The summed E-state index contributed by atoms with van der Waals surface area (Å²) in [5.74, 6) is 1.92. The number of rotatable bonds is 1. The molecule has 0 aliphatic heterocycles. The smallest absolute Gasteiger partial charge is 0.0614 e. The average Bonchev–Trinajstić information content (AvgIpc) is 3.00. The second kappa shape index (κ2) is 7.10. The molecular formula is C30H50O3. The van der Waals surface area contributed by atoms with Gasteiger partial charge >= 0.3 is 0 Å². The van der Waals surface area contributed by atoms with Gasteiger partial charge in [-0.3, -0.25) is 0 Å². The van der Waals surface area contributed by atoms with Crippen molar-refractivity contribution < 1.29 is 15.3 Å². The lowest BCUT2D eigenvalue weighted by atomic mass is 9.35. The first-order chi connectivity index (χ1) is 15.1. The summed E-state index contributed by atoms with van der Waals surface area (Å²) >= 11 is 0. The Labute approximate surface area is 202 Å². The van der Waals surface area contributed by atoms with Gasteiger partial charge in [0.1, 0.15) is 0 Å². The molecule has 4 fully saturated rings. The van der Waals surface area contributed by atoms with Crippen molar-refractivity contribution in [2.75, 3.05) is 0 Å². The van der Waals surface area contributed by atoms with E-state index in [2.05, 4.69) is 61.5 Å². The van der Waals surface area contributed by atoms with Crippen LogP contribution in [0.1, 0.15) is 100 Å². The Morgan fingerprint density at radius 2 is 1.52 bits per heavy atom. The molecule has 0 heterocycles. The van der Waals surface area contributed by atoms with Gasteiger partial charge in [-0.25, -0.2) is 0 Å². The summed E-state index contributed by atoms with van der Waals surface area (Å²) in [7, 11) is 0. The van der Waals surface area contributed by atoms with Gasteiger partial charge in [0.25, 0.3) is 0 Å². The van der Waals surface area contributed by atoms with Crippen molar-refractivity contribution in [1.29, 1.82) is 0 Å². The van der Waals surface area contributed by atoms with Crippen LogP contribution in [0.15, 0.2) is 11.6 Å². The Morgan fingerprint density at radius 3 is 2.15 bits per heavy atom. The molecular weight excluding hydrogens is 408 g/mol. The number of hydrogen-bond donors (Lipinski definition) is 3. The van der Waals surface area contributed by atoms with Gasteiger partial charge in [-0.2, -0.15) is 0 Å². The first-order valence-corrected chi connectivity index (χ1v) is 13.9. The van der Waals surface area contributed by atoms with E-state index < -0.39 is 0 Å². The van der Waals surface area contributed by atoms with Gasteiger partial charge < -0.3 is 15.3 Å². The summed E-state index contributed by atoms with van der Waals surface area (Å²) in [6.07, 6.45) is 8.51. The summed E-state index contributed by atoms with van der Waals surface area (Å²) in [6.45, 7) is 19.0. The lowest BCUT2D eigenvalue weighted by Gasteiger charge is -2.70. The normalized spacial score (nSPS) is 57.6. The third-order valence-electron chi connectivity index (χ3n) is 13.2. The van der Waals surface area contributed by atoms with Crippen LogP contribution in [0.4, 0.5) is 0 Å². The maximum Gasteiger partial charge on any atom is 0.0614 e. The standard InChI is InChI=1S/C30H50O3/c1-17(2)19-15-21(32)25-28(19,6)13-14-29(7)24-18(9-12-30(25,29)8)27(5)11-10-23(33)26(3,4)22(27)16-20(24)31/h9,17,19-25,31-33H,10-16H2,1-8H3/t19-,20-,21+,22-,23-,24-,25+,27+,28-,29+,30-/m0/s1. The van der Waals surface area contributed by atoms with Crippen LogP contribution in [0.2, 0.25) is 0 Å². The Bertz CT molecular complexity index is 845. The van der Waals surface area contributed by atoms with Crippen molar-refractivity contribution in [1.82, 2.24) is 0 Å². The lowest BCUT2D eigenvalue weighted by molar-refractivity contribution is -0.202. The molecule has 3 nitrogen and oxygen atoms in total. The maximum absolute atomic E-state index is 11.8. The highest BCUT2D eigenvalue weighted by Crippen LogP contribution is 2.76. The van der Waals surface area contributed by atoms with Crippen LogP contribution in [0.25, 0.3) is 0 Å². The monoisotopic (exact) mass is 458 g/mol. The highest BCUT2D eigenvalue weighted by atomic mass is 16.3. The minimum Gasteiger partial charge on any atom is -0.393 e. The molecule has 0 amide bonds. The second-order valence-electron chi connectivity index (χ2n) is 15.0. The van der Waals surface area contributed by atoms with E-state index in [9.17, 15) is 15.3 Å². The first-order valence-electron chi connectivity index (χ1n) is 13.9. The molecule has 3 heteroatoms. The molecule has 0 saturated heterocycles. The SMILES string of the molecule is CC(C)[C@@H]1C[C@@H](O)[C@@H]2[C@@]1(C)CC[C@]1(C)[C@H]3C(=CC[C@@]21C)[C@@]1(C)CC[C@H](O)C(C)(C)[C@@H]1C[C@@H]3O. The molecule has 5 rings (SSSR count). The molecule has 0 aromatic carbocycles. The molecule has 0 aromatic heterocycles. The lowest BCUT2D eigenvalue weighted by Crippen LogP contribution is -2.66.